The average Bonchev–Trinajstić information content (AvgIpc) is 2.71. The third-order valence-electron chi connectivity index (χ3n) is 4.39. The second-order valence-electron chi connectivity index (χ2n) is 6.56. The Morgan fingerprint density at radius 2 is 1.97 bits per heavy atom. The molecule has 0 unspecified atom stereocenters. The first-order chi connectivity index (χ1) is 14.4. The second-order valence-corrected chi connectivity index (χ2v) is 6.96. The number of carboxylic acids is 1. The molecule has 0 atom stereocenters. The van der Waals surface area contributed by atoms with Crippen molar-refractivity contribution in [2.75, 3.05) is 26.9 Å². The van der Waals surface area contributed by atoms with Gasteiger partial charge in [0, 0.05) is 12.5 Å². The van der Waals surface area contributed by atoms with Gasteiger partial charge in [-0.1, -0.05) is 17.7 Å². The molecular weight excluding hydrogens is 412 g/mol. The predicted molar refractivity (Wildman–Crippen MR) is 113 cm³/mol. The molecule has 158 valence electrons. The Morgan fingerprint density at radius 3 is 2.70 bits per heavy atom. The Morgan fingerprint density at radius 1 is 1.17 bits per heavy atom. The van der Waals surface area contributed by atoms with Crippen molar-refractivity contribution in [2.45, 2.75) is 13.3 Å². The number of ether oxygens (including phenoxy) is 3. The molecule has 1 N–H and O–H groups in total. The Bertz CT molecular complexity index is 1120. The number of para-hydroxylation sites is 1. The van der Waals surface area contributed by atoms with Crippen molar-refractivity contribution in [3.8, 4) is 22.8 Å². The fourth-order valence-electron chi connectivity index (χ4n) is 2.96. The number of halogens is 1. The fourth-order valence-corrected chi connectivity index (χ4v) is 3.17. The van der Waals surface area contributed by atoms with Gasteiger partial charge in [-0.2, -0.15) is 0 Å². The van der Waals surface area contributed by atoms with E-state index in [1.54, 1.807) is 30.3 Å². The molecule has 0 bridgehead atoms. The molecule has 7 nitrogen and oxygen atoms in total. The summed E-state index contributed by atoms with van der Waals surface area (Å²) < 4.78 is 22.2. The summed E-state index contributed by atoms with van der Waals surface area (Å²) in [4.78, 5) is 23.0. The molecule has 1 aromatic heterocycles. The van der Waals surface area contributed by atoms with Crippen molar-refractivity contribution in [2.24, 2.45) is 0 Å². The molecule has 0 amide bonds. The van der Waals surface area contributed by atoms with Crippen LogP contribution in [0.2, 0.25) is 5.02 Å². The Hall–Kier alpha value is -3.03. The van der Waals surface area contributed by atoms with Crippen LogP contribution in [0.25, 0.3) is 22.3 Å². The summed E-state index contributed by atoms with van der Waals surface area (Å²) in [5, 5.41) is 9.31. The van der Waals surface area contributed by atoms with E-state index in [9.17, 15) is 9.59 Å². The highest BCUT2D eigenvalue weighted by Gasteiger charge is 2.16. The number of aliphatic carboxylic acids is 1. The third kappa shape index (κ3) is 4.93. The van der Waals surface area contributed by atoms with Crippen molar-refractivity contribution < 1.29 is 28.5 Å². The first-order valence-corrected chi connectivity index (χ1v) is 9.62. The van der Waals surface area contributed by atoms with Gasteiger partial charge in [-0.3, -0.25) is 4.79 Å². The van der Waals surface area contributed by atoms with Gasteiger partial charge in [0.2, 0.25) is 0 Å². The zero-order valence-corrected chi connectivity index (χ0v) is 17.3. The molecule has 0 aliphatic carbocycles. The predicted octanol–water partition coefficient (Wildman–Crippen LogP) is 4.30. The van der Waals surface area contributed by atoms with Crippen molar-refractivity contribution in [1.29, 1.82) is 0 Å². The summed E-state index contributed by atoms with van der Waals surface area (Å²) in [5.41, 5.74) is 1.49. The number of fused-ring (bicyclic) bond motifs is 1. The lowest BCUT2D eigenvalue weighted by Crippen LogP contribution is -2.10. The molecule has 0 radical (unpaired) electrons. The number of hydrogen-bond donors (Lipinski definition) is 1. The van der Waals surface area contributed by atoms with Crippen molar-refractivity contribution >= 4 is 28.5 Å². The van der Waals surface area contributed by atoms with Crippen LogP contribution >= 0.6 is 11.6 Å². The van der Waals surface area contributed by atoms with Gasteiger partial charge >= 0.3 is 5.97 Å². The molecule has 0 saturated carbocycles. The summed E-state index contributed by atoms with van der Waals surface area (Å²) in [6.07, 6.45) is 0.523. The lowest BCUT2D eigenvalue weighted by molar-refractivity contribution is -0.142. The van der Waals surface area contributed by atoms with Crippen molar-refractivity contribution in [3.63, 3.8) is 0 Å². The SMILES string of the molecule is COc1cc(C)c(OCCCOCC(=O)O)cc1-c1cc(=O)c2cccc(Cl)c2o1. The standard InChI is InChI=1S/C22H21ClO7/c1-13-9-19(27-2)15(10-18(13)29-8-4-7-28-12-21(25)26)20-11-17(24)14-5-3-6-16(23)22(14)30-20/h3,5-6,9-11H,4,7-8,12H2,1-2H3,(H,25,26). The van der Waals surface area contributed by atoms with Gasteiger partial charge in [0.25, 0.3) is 0 Å². The fraction of sp³-hybridized carbons (Fsp3) is 0.273. The topological polar surface area (TPSA) is 95.2 Å². The molecule has 0 aliphatic rings. The van der Waals surface area contributed by atoms with Gasteiger partial charge in [0.05, 0.1) is 36.3 Å². The summed E-state index contributed by atoms with van der Waals surface area (Å²) in [6.45, 7) is 2.14. The molecule has 3 aromatic rings. The number of rotatable bonds is 9. The van der Waals surface area contributed by atoms with Gasteiger partial charge in [-0.15, -0.1) is 0 Å². The Labute approximate surface area is 177 Å². The average molecular weight is 433 g/mol. The zero-order chi connectivity index (χ0) is 21.7. The largest absolute Gasteiger partial charge is 0.496 e. The van der Waals surface area contributed by atoms with Crippen LogP contribution in [0, 0.1) is 6.92 Å². The second kappa shape index (κ2) is 9.65. The Balaban J connectivity index is 1.88. The highest BCUT2D eigenvalue weighted by atomic mass is 35.5. The van der Waals surface area contributed by atoms with Gasteiger partial charge < -0.3 is 23.7 Å². The summed E-state index contributed by atoms with van der Waals surface area (Å²) in [5.74, 6) is 0.417. The first kappa shape index (κ1) is 21.7. The Kier molecular flexibility index (Phi) is 6.97. The normalized spacial score (nSPS) is 10.9. The van der Waals surface area contributed by atoms with Crippen LogP contribution < -0.4 is 14.9 Å². The van der Waals surface area contributed by atoms with Crippen LogP contribution in [-0.4, -0.2) is 38.0 Å². The molecule has 0 fully saturated rings. The highest BCUT2D eigenvalue weighted by Crippen LogP contribution is 2.37. The van der Waals surface area contributed by atoms with Crippen LogP contribution in [-0.2, 0) is 9.53 Å². The highest BCUT2D eigenvalue weighted by molar-refractivity contribution is 6.34. The number of aryl methyl sites for hydroxylation is 1. The molecule has 3 rings (SSSR count). The minimum atomic E-state index is -1.01. The van der Waals surface area contributed by atoms with Crippen LogP contribution in [0.4, 0.5) is 0 Å². The molecule has 0 saturated heterocycles. The number of hydrogen-bond acceptors (Lipinski definition) is 6. The molecule has 30 heavy (non-hydrogen) atoms. The van der Waals surface area contributed by atoms with E-state index in [1.807, 2.05) is 6.92 Å². The van der Waals surface area contributed by atoms with Crippen molar-refractivity contribution in [1.82, 2.24) is 0 Å². The van der Waals surface area contributed by atoms with Gasteiger partial charge in [0.1, 0.15) is 23.9 Å². The molecule has 8 heteroatoms. The minimum absolute atomic E-state index is 0.213. The van der Waals surface area contributed by atoms with E-state index < -0.39 is 5.97 Å². The van der Waals surface area contributed by atoms with E-state index in [1.165, 1.54) is 13.2 Å². The maximum atomic E-state index is 12.6. The number of methoxy groups -OCH3 is 1. The number of carboxylic acid groups (broad SMARTS) is 1. The van der Waals surface area contributed by atoms with Gasteiger partial charge in [0.15, 0.2) is 11.0 Å². The van der Waals surface area contributed by atoms with Crippen LogP contribution in [0.15, 0.2) is 45.6 Å². The van der Waals surface area contributed by atoms with Crippen LogP contribution in [0.1, 0.15) is 12.0 Å². The number of benzene rings is 2. The van der Waals surface area contributed by atoms with Crippen LogP contribution in [0.5, 0.6) is 11.5 Å². The molecule has 1 heterocycles. The van der Waals surface area contributed by atoms with Gasteiger partial charge in [-0.25, -0.2) is 4.79 Å². The zero-order valence-electron chi connectivity index (χ0n) is 16.6. The monoisotopic (exact) mass is 432 g/mol. The first-order valence-electron chi connectivity index (χ1n) is 9.24. The maximum Gasteiger partial charge on any atom is 0.329 e. The molecule has 2 aromatic carbocycles. The van der Waals surface area contributed by atoms with Gasteiger partial charge in [-0.05, 0) is 36.8 Å². The molecule has 0 aliphatic heterocycles. The van der Waals surface area contributed by atoms with E-state index in [-0.39, 0.29) is 18.6 Å². The van der Waals surface area contributed by atoms with E-state index >= 15 is 0 Å². The summed E-state index contributed by atoms with van der Waals surface area (Å²) in [6, 6.07) is 9.94. The van der Waals surface area contributed by atoms with E-state index in [0.717, 1.165) is 5.56 Å². The summed E-state index contributed by atoms with van der Waals surface area (Å²) in [7, 11) is 1.53. The molecular formula is C22H21ClO7. The smallest absolute Gasteiger partial charge is 0.329 e. The quantitative estimate of drug-likeness (QED) is 0.503. The summed E-state index contributed by atoms with van der Waals surface area (Å²) >= 11 is 6.21. The van der Waals surface area contributed by atoms with Crippen molar-refractivity contribution in [3.05, 3.63) is 57.2 Å². The van der Waals surface area contributed by atoms with E-state index in [2.05, 4.69) is 0 Å². The number of carbonyl (C=O) groups is 1. The maximum absolute atomic E-state index is 12.6. The molecule has 0 spiro atoms. The lowest BCUT2D eigenvalue weighted by Gasteiger charge is -2.15. The third-order valence-corrected chi connectivity index (χ3v) is 4.68. The van der Waals surface area contributed by atoms with Crippen LogP contribution in [0.3, 0.4) is 0 Å². The lowest BCUT2D eigenvalue weighted by atomic mass is 10.1. The van der Waals surface area contributed by atoms with E-state index in [4.69, 9.17) is 35.3 Å². The minimum Gasteiger partial charge on any atom is -0.496 e. The van der Waals surface area contributed by atoms with E-state index in [0.29, 0.717) is 51.8 Å².